The first-order valence-electron chi connectivity index (χ1n) is 6.95. The lowest BCUT2D eigenvalue weighted by atomic mass is 9.99. The first kappa shape index (κ1) is 14.0. The van der Waals surface area contributed by atoms with Crippen LogP contribution in [-0.4, -0.2) is 5.91 Å². The molecule has 0 heterocycles. The Bertz CT molecular complexity index is 782. The molecule has 108 valence electrons. The summed E-state index contributed by atoms with van der Waals surface area (Å²) in [6.07, 6.45) is 0. The van der Waals surface area contributed by atoms with Gasteiger partial charge in [-0.2, -0.15) is 0 Å². The van der Waals surface area contributed by atoms with E-state index in [4.69, 9.17) is 0 Å². The zero-order valence-corrected chi connectivity index (χ0v) is 11.8. The van der Waals surface area contributed by atoms with Crippen molar-refractivity contribution in [3.63, 3.8) is 0 Å². The van der Waals surface area contributed by atoms with E-state index in [9.17, 15) is 9.18 Å². The monoisotopic (exact) mass is 291 g/mol. The van der Waals surface area contributed by atoms with Crippen molar-refractivity contribution in [2.75, 3.05) is 5.32 Å². The molecule has 0 fully saturated rings. The minimum absolute atomic E-state index is 0.189. The van der Waals surface area contributed by atoms with Gasteiger partial charge in [0.2, 0.25) is 0 Å². The van der Waals surface area contributed by atoms with Crippen molar-refractivity contribution in [2.45, 2.75) is 0 Å². The number of carbonyl (C=O) groups is 1. The summed E-state index contributed by atoms with van der Waals surface area (Å²) < 4.78 is 13.1. The van der Waals surface area contributed by atoms with E-state index in [1.165, 1.54) is 12.1 Å². The summed E-state index contributed by atoms with van der Waals surface area (Å²) in [6, 6.07) is 22.7. The second-order valence-electron chi connectivity index (χ2n) is 4.87. The molecule has 0 bridgehead atoms. The number of nitrogens with one attached hydrogen (secondary N) is 1. The molecule has 0 spiro atoms. The number of anilines is 1. The summed E-state index contributed by atoms with van der Waals surface area (Å²) in [5.74, 6) is -0.485. The van der Waals surface area contributed by atoms with Gasteiger partial charge in [0.15, 0.2) is 0 Å². The fraction of sp³-hybridized carbons (Fsp3) is 0. The molecule has 0 aliphatic heterocycles. The lowest BCUT2D eigenvalue weighted by Gasteiger charge is -2.10. The van der Waals surface area contributed by atoms with Gasteiger partial charge in [-0.1, -0.05) is 48.5 Å². The summed E-state index contributed by atoms with van der Waals surface area (Å²) in [5, 5.41) is 2.87. The summed E-state index contributed by atoms with van der Waals surface area (Å²) in [7, 11) is 0. The Hall–Kier alpha value is -2.94. The molecule has 0 aliphatic rings. The maximum Gasteiger partial charge on any atom is 0.256 e. The van der Waals surface area contributed by atoms with E-state index >= 15 is 0 Å². The summed E-state index contributed by atoms with van der Waals surface area (Å²) in [4.78, 5) is 12.5. The quantitative estimate of drug-likeness (QED) is 0.741. The molecular weight excluding hydrogens is 277 g/mol. The van der Waals surface area contributed by atoms with Gasteiger partial charge in [0.1, 0.15) is 5.82 Å². The number of halogens is 1. The van der Waals surface area contributed by atoms with E-state index < -0.39 is 0 Å². The van der Waals surface area contributed by atoms with Crippen LogP contribution in [0.1, 0.15) is 10.4 Å². The Morgan fingerprint density at radius 1 is 0.773 bits per heavy atom. The maximum absolute atomic E-state index is 13.1. The van der Waals surface area contributed by atoms with Crippen LogP contribution in [-0.2, 0) is 0 Å². The Kier molecular flexibility index (Phi) is 3.97. The maximum atomic E-state index is 13.1. The zero-order valence-electron chi connectivity index (χ0n) is 11.8. The first-order chi connectivity index (χ1) is 10.7. The highest BCUT2D eigenvalue weighted by atomic mass is 19.1. The zero-order chi connectivity index (χ0) is 15.4. The van der Waals surface area contributed by atoms with Crippen LogP contribution in [0.25, 0.3) is 11.1 Å². The Labute approximate surface area is 128 Å². The van der Waals surface area contributed by atoms with Crippen LogP contribution in [0.3, 0.4) is 0 Å². The third-order valence-corrected chi connectivity index (χ3v) is 3.36. The van der Waals surface area contributed by atoms with E-state index in [2.05, 4.69) is 5.32 Å². The van der Waals surface area contributed by atoms with Gasteiger partial charge in [-0.25, -0.2) is 4.39 Å². The SMILES string of the molecule is O=C(Nc1ccccc1)c1ccccc1-c1ccc(F)cc1. The van der Waals surface area contributed by atoms with Gasteiger partial charge >= 0.3 is 0 Å². The van der Waals surface area contributed by atoms with Crippen molar-refractivity contribution in [1.82, 2.24) is 0 Å². The van der Waals surface area contributed by atoms with Crippen LogP contribution in [0.5, 0.6) is 0 Å². The molecule has 0 aliphatic carbocycles. The molecule has 3 aromatic carbocycles. The molecule has 0 aromatic heterocycles. The number of hydrogen-bond donors (Lipinski definition) is 1. The highest BCUT2D eigenvalue weighted by molar-refractivity contribution is 6.08. The predicted molar refractivity (Wildman–Crippen MR) is 86.2 cm³/mol. The molecule has 22 heavy (non-hydrogen) atoms. The summed E-state index contributed by atoms with van der Waals surface area (Å²) >= 11 is 0. The molecule has 0 radical (unpaired) electrons. The highest BCUT2D eigenvalue weighted by Crippen LogP contribution is 2.24. The van der Waals surface area contributed by atoms with Crippen molar-refractivity contribution in [3.8, 4) is 11.1 Å². The number of rotatable bonds is 3. The second kappa shape index (κ2) is 6.22. The summed E-state index contributed by atoms with van der Waals surface area (Å²) in [5.41, 5.74) is 2.87. The van der Waals surface area contributed by atoms with Gasteiger partial charge in [-0.05, 0) is 41.5 Å². The van der Waals surface area contributed by atoms with Gasteiger partial charge < -0.3 is 5.32 Å². The minimum atomic E-state index is -0.296. The third kappa shape index (κ3) is 3.04. The number of carbonyl (C=O) groups excluding carboxylic acids is 1. The molecule has 3 aromatic rings. The molecular formula is C19H14FNO. The van der Waals surface area contributed by atoms with Gasteiger partial charge in [0.25, 0.3) is 5.91 Å². The number of benzene rings is 3. The van der Waals surface area contributed by atoms with Crippen LogP contribution in [0.2, 0.25) is 0 Å². The molecule has 1 N–H and O–H groups in total. The lowest BCUT2D eigenvalue weighted by molar-refractivity contribution is 0.102. The largest absolute Gasteiger partial charge is 0.322 e. The van der Waals surface area contributed by atoms with Crippen LogP contribution < -0.4 is 5.32 Å². The van der Waals surface area contributed by atoms with Gasteiger partial charge in [0.05, 0.1) is 0 Å². The normalized spacial score (nSPS) is 10.2. The highest BCUT2D eigenvalue weighted by Gasteiger charge is 2.12. The molecule has 0 unspecified atom stereocenters. The van der Waals surface area contributed by atoms with Gasteiger partial charge in [-0.3, -0.25) is 4.79 Å². The summed E-state index contributed by atoms with van der Waals surface area (Å²) in [6.45, 7) is 0. The van der Waals surface area contributed by atoms with Crippen LogP contribution in [0.15, 0.2) is 78.9 Å². The van der Waals surface area contributed by atoms with Crippen LogP contribution in [0, 0.1) is 5.82 Å². The number of para-hydroxylation sites is 1. The predicted octanol–water partition coefficient (Wildman–Crippen LogP) is 4.75. The van der Waals surface area contributed by atoms with E-state index in [1.54, 1.807) is 18.2 Å². The number of hydrogen-bond acceptors (Lipinski definition) is 1. The molecule has 1 amide bonds. The van der Waals surface area contributed by atoms with Crippen molar-refractivity contribution in [2.24, 2.45) is 0 Å². The third-order valence-electron chi connectivity index (χ3n) is 3.36. The molecule has 2 nitrogen and oxygen atoms in total. The van der Waals surface area contributed by atoms with Gasteiger partial charge in [0, 0.05) is 11.3 Å². The topological polar surface area (TPSA) is 29.1 Å². The van der Waals surface area contributed by atoms with Crippen molar-refractivity contribution >= 4 is 11.6 Å². The lowest BCUT2D eigenvalue weighted by Crippen LogP contribution is -2.12. The molecule has 3 heteroatoms. The first-order valence-corrected chi connectivity index (χ1v) is 6.95. The standard InChI is InChI=1S/C19H14FNO/c20-15-12-10-14(11-13-15)17-8-4-5-9-18(17)19(22)21-16-6-2-1-3-7-16/h1-13H,(H,21,22). The van der Waals surface area contributed by atoms with E-state index in [-0.39, 0.29) is 11.7 Å². The average molecular weight is 291 g/mol. The molecule has 0 atom stereocenters. The molecule has 0 saturated heterocycles. The smallest absolute Gasteiger partial charge is 0.256 e. The van der Waals surface area contributed by atoms with Gasteiger partial charge in [-0.15, -0.1) is 0 Å². The molecule has 3 rings (SSSR count). The van der Waals surface area contributed by atoms with E-state index in [0.29, 0.717) is 5.56 Å². The van der Waals surface area contributed by atoms with Crippen molar-refractivity contribution < 1.29 is 9.18 Å². The fourth-order valence-electron chi connectivity index (χ4n) is 2.28. The van der Waals surface area contributed by atoms with E-state index in [0.717, 1.165) is 16.8 Å². The van der Waals surface area contributed by atoms with Crippen molar-refractivity contribution in [1.29, 1.82) is 0 Å². The Morgan fingerprint density at radius 3 is 2.14 bits per heavy atom. The van der Waals surface area contributed by atoms with Crippen LogP contribution >= 0.6 is 0 Å². The fourth-order valence-corrected chi connectivity index (χ4v) is 2.28. The Balaban J connectivity index is 1.94. The average Bonchev–Trinajstić information content (AvgIpc) is 2.56. The number of amides is 1. The Morgan fingerprint density at radius 2 is 1.41 bits per heavy atom. The van der Waals surface area contributed by atoms with Crippen LogP contribution in [0.4, 0.5) is 10.1 Å². The second-order valence-corrected chi connectivity index (χ2v) is 4.87. The van der Waals surface area contributed by atoms with E-state index in [1.807, 2.05) is 48.5 Å². The minimum Gasteiger partial charge on any atom is -0.322 e. The molecule has 0 saturated carbocycles. The van der Waals surface area contributed by atoms with Crippen molar-refractivity contribution in [3.05, 3.63) is 90.2 Å².